The third kappa shape index (κ3) is 5.42. The van der Waals surface area contributed by atoms with Crippen molar-refractivity contribution in [1.82, 2.24) is 14.7 Å². The molecule has 38 heavy (non-hydrogen) atoms. The van der Waals surface area contributed by atoms with Crippen molar-refractivity contribution >= 4 is 29.1 Å². The molecule has 2 aromatic carbocycles. The summed E-state index contributed by atoms with van der Waals surface area (Å²) >= 11 is 0. The first-order valence-corrected chi connectivity index (χ1v) is 12.6. The van der Waals surface area contributed by atoms with E-state index in [9.17, 15) is 14.9 Å². The van der Waals surface area contributed by atoms with Crippen LogP contribution in [0.3, 0.4) is 0 Å². The van der Waals surface area contributed by atoms with Crippen molar-refractivity contribution in [2.75, 3.05) is 42.5 Å². The first-order valence-electron chi connectivity index (χ1n) is 12.6. The third-order valence-corrected chi connectivity index (χ3v) is 6.65. The molecule has 5 rings (SSSR count). The molecule has 3 heterocycles. The zero-order chi connectivity index (χ0) is 26.3. The quantitative estimate of drug-likeness (QED) is 0.307. The number of hydrogen-bond acceptors (Lipinski definition) is 6. The maximum Gasteiger partial charge on any atom is 0.267 e. The Morgan fingerprint density at radius 2 is 1.58 bits per heavy atom. The van der Waals surface area contributed by atoms with E-state index in [2.05, 4.69) is 27.2 Å². The van der Waals surface area contributed by atoms with Gasteiger partial charge in [-0.1, -0.05) is 54.6 Å². The van der Waals surface area contributed by atoms with Crippen LogP contribution in [0.4, 0.5) is 11.5 Å². The standard InChI is InChI=1S/C30H28N6O2/c31-22-24(29(37)32-15-14-23-9-3-1-4-10-23)21-26-28(33-27-13-7-8-16-36(27)30(26)38)35-19-17-34(18-20-35)25-11-5-2-6-12-25/h1-13,16,21H,14-15,17-20H2,(H,32,37). The van der Waals surface area contributed by atoms with Crippen molar-refractivity contribution in [2.45, 2.75) is 6.42 Å². The van der Waals surface area contributed by atoms with E-state index in [1.165, 1.54) is 10.5 Å². The summed E-state index contributed by atoms with van der Waals surface area (Å²) < 4.78 is 1.44. The Bertz CT molecular complexity index is 1550. The molecule has 1 aliphatic heterocycles. The number of anilines is 2. The molecule has 8 heteroatoms. The van der Waals surface area contributed by atoms with Crippen molar-refractivity contribution in [1.29, 1.82) is 5.26 Å². The van der Waals surface area contributed by atoms with Crippen LogP contribution in [0.25, 0.3) is 11.7 Å². The Morgan fingerprint density at radius 1 is 0.921 bits per heavy atom. The van der Waals surface area contributed by atoms with Gasteiger partial charge in [0.2, 0.25) is 0 Å². The fraction of sp³-hybridized carbons (Fsp3) is 0.200. The molecule has 1 N–H and O–H groups in total. The van der Waals surface area contributed by atoms with E-state index >= 15 is 0 Å². The number of piperazine rings is 1. The molecule has 0 bridgehead atoms. The summed E-state index contributed by atoms with van der Waals surface area (Å²) in [7, 11) is 0. The van der Waals surface area contributed by atoms with Gasteiger partial charge >= 0.3 is 0 Å². The number of amides is 1. The number of rotatable bonds is 7. The normalized spacial score (nSPS) is 13.8. The first kappa shape index (κ1) is 24.8. The molecular formula is C30H28N6O2. The van der Waals surface area contributed by atoms with Crippen LogP contribution in [0.2, 0.25) is 0 Å². The maximum absolute atomic E-state index is 13.6. The Hall–Kier alpha value is -4.90. The predicted octanol–water partition coefficient (Wildman–Crippen LogP) is 3.29. The summed E-state index contributed by atoms with van der Waals surface area (Å²) in [5, 5.41) is 12.6. The first-order chi connectivity index (χ1) is 18.6. The van der Waals surface area contributed by atoms with Gasteiger partial charge in [-0.25, -0.2) is 4.98 Å². The number of nitrogens with one attached hydrogen (secondary N) is 1. The molecule has 0 radical (unpaired) electrons. The average molecular weight is 505 g/mol. The van der Waals surface area contributed by atoms with Crippen molar-refractivity contribution in [2.24, 2.45) is 0 Å². The van der Waals surface area contributed by atoms with E-state index in [1.54, 1.807) is 18.3 Å². The maximum atomic E-state index is 13.6. The Labute approximate surface area is 221 Å². The molecule has 1 amide bonds. The van der Waals surface area contributed by atoms with E-state index in [1.807, 2.05) is 60.7 Å². The summed E-state index contributed by atoms with van der Waals surface area (Å²) in [6.07, 6.45) is 3.67. The van der Waals surface area contributed by atoms with Crippen LogP contribution in [0.1, 0.15) is 11.1 Å². The Balaban J connectivity index is 1.42. The second kappa shape index (κ2) is 11.4. The van der Waals surface area contributed by atoms with Crippen molar-refractivity contribution < 1.29 is 4.79 Å². The van der Waals surface area contributed by atoms with Crippen LogP contribution >= 0.6 is 0 Å². The minimum atomic E-state index is -0.513. The van der Waals surface area contributed by atoms with Gasteiger partial charge < -0.3 is 15.1 Å². The summed E-state index contributed by atoms with van der Waals surface area (Å²) in [6.45, 7) is 3.19. The van der Waals surface area contributed by atoms with Crippen LogP contribution in [-0.2, 0) is 11.2 Å². The molecule has 1 aliphatic rings. The fourth-order valence-electron chi connectivity index (χ4n) is 4.63. The zero-order valence-electron chi connectivity index (χ0n) is 21.0. The summed E-state index contributed by atoms with van der Waals surface area (Å²) in [6, 6.07) is 27.3. The number of benzene rings is 2. The lowest BCUT2D eigenvalue weighted by atomic mass is 10.1. The topological polar surface area (TPSA) is 93.7 Å². The molecule has 4 aromatic rings. The highest BCUT2D eigenvalue weighted by atomic mass is 16.1. The van der Waals surface area contributed by atoms with E-state index in [-0.39, 0.29) is 16.7 Å². The largest absolute Gasteiger partial charge is 0.368 e. The van der Waals surface area contributed by atoms with E-state index in [0.29, 0.717) is 37.5 Å². The van der Waals surface area contributed by atoms with Gasteiger partial charge in [0.25, 0.3) is 11.5 Å². The molecule has 0 saturated carbocycles. The number of fused-ring (bicyclic) bond motifs is 1. The highest BCUT2D eigenvalue weighted by molar-refractivity contribution is 6.02. The van der Waals surface area contributed by atoms with Crippen molar-refractivity contribution in [3.05, 3.63) is 112 Å². The lowest BCUT2D eigenvalue weighted by Crippen LogP contribution is -2.47. The summed E-state index contributed by atoms with van der Waals surface area (Å²) in [4.78, 5) is 35.6. The Kier molecular flexibility index (Phi) is 7.46. The second-order valence-electron chi connectivity index (χ2n) is 9.05. The number of carbonyl (C=O) groups excluding carboxylic acids is 1. The van der Waals surface area contributed by atoms with Gasteiger partial charge in [-0.15, -0.1) is 0 Å². The van der Waals surface area contributed by atoms with Crippen LogP contribution in [0.5, 0.6) is 0 Å². The highest BCUT2D eigenvalue weighted by Gasteiger charge is 2.23. The second-order valence-corrected chi connectivity index (χ2v) is 9.05. The van der Waals surface area contributed by atoms with Crippen LogP contribution in [0.15, 0.2) is 95.4 Å². The van der Waals surface area contributed by atoms with Crippen molar-refractivity contribution in [3.63, 3.8) is 0 Å². The molecule has 8 nitrogen and oxygen atoms in total. The minimum absolute atomic E-state index is 0.128. The number of nitriles is 1. The number of pyridine rings is 1. The molecule has 1 fully saturated rings. The average Bonchev–Trinajstić information content (AvgIpc) is 2.98. The smallest absolute Gasteiger partial charge is 0.267 e. The molecule has 2 aromatic heterocycles. The number of aromatic nitrogens is 2. The molecule has 0 aliphatic carbocycles. The van der Waals surface area contributed by atoms with E-state index in [0.717, 1.165) is 24.3 Å². The van der Waals surface area contributed by atoms with Crippen molar-refractivity contribution in [3.8, 4) is 6.07 Å². The molecule has 0 atom stereocenters. The van der Waals surface area contributed by atoms with Gasteiger partial charge in [-0.3, -0.25) is 14.0 Å². The predicted molar refractivity (Wildman–Crippen MR) is 149 cm³/mol. The molecule has 1 saturated heterocycles. The molecule has 190 valence electrons. The van der Waals surface area contributed by atoms with Gasteiger partial charge in [0, 0.05) is 44.6 Å². The molecule has 0 spiro atoms. The number of para-hydroxylation sites is 1. The van der Waals surface area contributed by atoms with Gasteiger partial charge in [0.1, 0.15) is 23.1 Å². The number of nitrogens with zero attached hydrogens (tertiary/aromatic N) is 5. The summed E-state index contributed by atoms with van der Waals surface area (Å²) in [5.74, 6) is -0.0282. The van der Waals surface area contributed by atoms with E-state index in [4.69, 9.17) is 4.98 Å². The van der Waals surface area contributed by atoms with Gasteiger partial charge in [0.05, 0.1) is 5.56 Å². The molecule has 0 unspecified atom stereocenters. The lowest BCUT2D eigenvalue weighted by Gasteiger charge is -2.37. The Morgan fingerprint density at radius 3 is 2.29 bits per heavy atom. The molecular weight excluding hydrogens is 476 g/mol. The third-order valence-electron chi connectivity index (χ3n) is 6.65. The minimum Gasteiger partial charge on any atom is -0.368 e. The highest BCUT2D eigenvalue weighted by Crippen LogP contribution is 2.23. The van der Waals surface area contributed by atoms with Crippen LogP contribution < -0.4 is 20.7 Å². The number of hydrogen-bond donors (Lipinski definition) is 1. The fourth-order valence-corrected chi connectivity index (χ4v) is 4.63. The SMILES string of the molecule is N#CC(=Cc1c(N2CCN(c3ccccc3)CC2)nc2ccccn2c1=O)C(=O)NCCc1ccccc1. The summed E-state index contributed by atoms with van der Waals surface area (Å²) in [5.41, 5.74) is 2.54. The number of carbonyl (C=O) groups is 1. The zero-order valence-corrected chi connectivity index (χ0v) is 21.0. The van der Waals surface area contributed by atoms with Crippen LogP contribution in [0, 0.1) is 11.3 Å². The monoisotopic (exact) mass is 504 g/mol. The lowest BCUT2D eigenvalue weighted by molar-refractivity contribution is -0.117. The van der Waals surface area contributed by atoms with Gasteiger partial charge in [-0.2, -0.15) is 5.26 Å². The van der Waals surface area contributed by atoms with Crippen LogP contribution in [-0.4, -0.2) is 48.0 Å². The van der Waals surface area contributed by atoms with Gasteiger partial charge in [0.15, 0.2) is 0 Å². The van der Waals surface area contributed by atoms with Gasteiger partial charge in [-0.05, 0) is 42.3 Å². The van der Waals surface area contributed by atoms with E-state index < -0.39 is 5.91 Å².